The molecule has 1 saturated carbocycles. The molecule has 6 heteroatoms. The second-order valence-electron chi connectivity index (χ2n) is 5.80. The molecule has 0 saturated heterocycles. The predicted octanol–water partition coefficient (Wildman–Crippen LogP) is 3.56. The van der Waals surface area contributed by atoms with Crippen molar-refractivity contribution in [2.75, 3.05) is 23.7 Å². The fourth-order valence-electron chi connectivity index (χ4n) is 2.67. The Hall–Kier alpha value is -0.880. The minimum atomic E-state index is -0.613. The lowest BCUT2D eigenvalue weighted by molar-refractivity contribution is 0.0380. The lowest BCUT2D eigenvalue weighted by atomic mass is 9.94. The molecular weight excluding hydrogens is 332 g/mol. The fraction of sp³-hybridized carbons (Fsp3) is 0.733. The number of hydrogen-bond donors (Lipinski definition) is 3. The quantitative estimate of drug-likeness (QED) is 0.679. The summed E-state index contributed by atoms with van der Waals surface area (Å²) in [4.78, 5) is 8.50. The van der Waals surface area contributed by atoms with Gasteiger partial charge in [0.2, 0.25) is 0 Å². The van der Waals surface area contributed by atoms with Crippen molar-refractivity contribution in [1.29, 1.82) is 0 Å². The Morgan fingerprint density at radius 2 is 1.76 bits per heavy atom. The largest absolute Gasteiger partial charge is 0.388 e. The Bertz CT molecular complexity index is 447. The van der Waals surface area contributed by atoms with Crippen molar-refractivity contribution in [3.05, 3.63) is 10.8 Å². The van der Waals surface area contributed by atoms with E-state index in [1.165, 1.54) is 12.8 Å². The molecule has 21 heavy (non-hydrogen) atoms. The second kappa shape index (κ2) is 7.94. The maximum Gasteiger partial charge on any atom is 0.146 e. The Morgan fingerprint density at radius 1 is 1.14 bits per heavy atom. The third kappa shape index (κ3) is 4.81. The monoisotopic (exact) mass is 356 g/mol. The predicted molar refractivity (Wildman–Crippen MR) is 89.7 cm³/mol. The Morgan fingerprint density at radius 3 is 2.38 bits per heavy atom. The molecule has 1 aromatic heterocycles. The first-order chi connectivity index (χ1) is 10.1. The number of aliphatic hydroxyl groups is 1. The zero-order chi connectivity index (χ0) is 15.1. The van der Waals surface area contributed by atoms with E-state index in [0.717, 1.165) is 54.8 Å². The first kappa shape index (κ1) is 16.5. The molecule has 118 valence electrons. The van der Waals surface area contributed by atoms with E-state index in [1.54, 1.807) is 6.33 Å². The van der Waals surface area contributed by atoms with Crippen LogP contribution in [0.5, 0.6) is 0 Å². The van der Waals surface area contributed by atoms with Crippen molar-refractivity contribution < 1.29 is 5.11 Å². The second-order valence-corrected chi connectivity index (χ2v) is 6.60. The molecule has 5 nitrogen and oxygen atoms in total. The van der Waals surface area contributed by atoms with E-state index in [9.17, 15) is 5.11 Å². The molecule has 0 aliphatic heterocycles. The molecule has 1 aromatic rings. The topological polar surface area (TPSA) is 70.1 Å². The Balaban J connectivity index is 1.98. The number of nitrogens with zero attached hydrogens (tertiary/aromatic N) is 2. The van der Waals surface area contributed by atoms with Crippen LogP contribution >= 0.6 is 15.9 Å². The molecular formula is C15H25BrN4O. The summed E-state index contributed by atoms with van der Waals surface area (Å²) >= 11 is 3.54. The van der Waals surface area contributed by atoms with Gasteiger partial charge < -0.3 is 15.7 Å². The van der Waals surface area contributed by atoms with Gasteiger partial charge in [-0.3, -0.25) is 0 Å². The zero-order valence-electron chi connectivity index (χ0n) is 12.7. The van der Waals surface area contributed by atoms with Crippen LogP contribution in [0.15, 0.2) is 10.8 Å². The van der Waals surface area contributed by atoms with E-state index < -0.39 is 5.60 Å². The SMILES string of the molecule is CCCNc1ncnc(NCC2(O)CCCCCC2)c1Br. The number of hydrogen-bond acceptors (Lipinski definition) is 5. The van der Waals surface area contributed by atoms with Gasteiger partial charge in [-0.2, -0.15) is 0 Å². The summed E-state index contributed by atoms with van der Waals surface area (Å²) < 4.78 is 0.829. The normalized spacial score (nSPS) is 18.0. The van der Waals surface area contributed by atoms with Crippen LogP contribution in [-0.2, 0) is 0 Å². The molecule has 0 radical (unpaired) electrons. The van der Waals surface area contributed by atoms with Crippen molar-refractivity contribution >= 4 is 27.6 Å². The summed E-state index contributed by atoms with van der Waals surface area (Å²) in [6, 6.07) is 0. The standard InChI is InChI=1S/C15H25BrN4O/c1-2-9-17-13-12(16)14(20-11-19-13)18-10-15(21)7-5-3-4-6-8-15/h11,21H,2-10H2,1H3,(H2,17,18,19,20). The molecule has 0 bridgehead atoms. The highest BCUT2D eigenvalue weighted by Gasteiger charge is 2.28. The minimum Gasteiger partial charge on any atom is -0.388 e. The van der Waals surface area contributed by atoms with E-state index in [0.29, 0.717) is 6.54 Å². The van der Waals surface area contributed by atoms with Gasteiger partial charge in [0.15, 0.2) is 0 Å². The molecule has 1 fully saturated rings. The van der Waals surface area contributed by atoms with Crippen molar-refractivity contribution in [3.8, 4) is 0 Å². The van der Waals surface area contributed by atoms with E-state index in [1.807, 2.05) is 0 Å². The Kier molecular flexibility index (Phi) is 6.23. The average Bonchev–Trinajstić information content (AvgIpc) is 2.70. The first-order valence-corrected chi connectivity index (χ1v) is 8.64. The van der Waals surface area contributed by atoms with Crippen LogP contribution in [0.2, 0.25) is 0 Å². The smallest absolute Gasteiger partial charge is 0.146 e. The molecule has 0 spiro atoms. The maximum absolute atomic E-state index is 10.7. The molecule has 0 atom stereocenters. The molecule has 2 rings (SSSR count). The van der Waals surface area contributed by atoms with Crippen LogP contribution in [0.4, 0.5) is 11.6 Å². The van der Waals surface area contributed by atoms with Crippen LogP contribution in [0.25, 0.3) is 0 Å². The van der Waals surface area contributed by atoms with E-state index in [-0.39, 0.29) is 0 Å². The van der Waals surface area contributed by atoms with Crippen molar-refractivity contribution in [3.63, 3.8) is 0 Å². The summed E-state index contributed by atoms with van der Waals surface area (Å²) in [5, 5.41) is 17.2. The van der Waals surface area contributed by atoms with Crippen LogP contribution in [0, 0.1) is 0 Å². The van der Waals surface area contributed by atoms with Crippen molar-refractivity contribution in [2.24, 2.45) is 0 Å². The van der Waals surface area contributed by atoms with Gasteiger partial charge in [0.05, 0.1) is 5.60 Å². The summed E-state index contributed by atoms with van der Waals surface area (Å²) in [6.07, 6.45) is 8.97. The summed E-state index contributed by atoms with van der Waals surface area (Å²) in [5.41, 5.74) is -0.613. The third-order valence-corrected chi connectivity index (χ3v) is 4.70. The van der Waals surface area contributed by atoms with Crippen LogP contribution in [0.3, 0.4) is 0 Å². The highest BCUT2D eigenvalue weighted by atomic mass is 79.9. The molecule has 1 aliphatic carbocycles. The van der Waals surface area contributed by atoms with Gasteiger partial charge in [-0.15, -0.1) is 0 Å². The number of aromatic nitrogens is 2. The number of halogens is 1. The summed E-state index contributed by atoms with van der Waals surface area (Å²) in [6.45, 7) is 3.53. The van der Waals surface area contributed by atoms with E-state index >= 15 is 0 Å². The van der Waals surface area contributed by atoms with Crippen molar-refractivity contribution in [2.45, 2.75) is 57.5 Å². The van der Waals surface area contributed by atoms with Gasteiger partial charge in [-0.1, -0.05) is 32.6 Å². The Labute approximate surface area is 135 Å². The molecule has 0 aromatic carbocycles. The molecule has 1 heterocycles. The fourth-order valence-corrected chi connectivity index (χ4v) is 3.16. The van der Waals surface area contributed by atoms with E-state index in [4.69, 9.17) is 0 Å². The van der Waals surface area contributed by atoms with Gasteiger partial charge in [0.25, 0.3) is 0 Å². The summed E-state index contributed by atoms with van der Waals surface area (Å²) in [7, 11) is 0. The molecule has 0 unspecified atom stereocenters. The van der Waals surface area contributed by atoms with Gasteiger partial charge >= 0.3 is 0 Å². The zero-order valence-corrected chi connectivity index (χ0v) is 14.2. The van der Waals surface area contributed by atoms with Crippen LogP contribution < -0.4 is 10.6 Å². The number of anilines is 2. The molecule has 3 N–H and O–H groups in total. The summed E-state index contributed by atoms with van der Waals surface area (Å²) in [5.74, 6) is 1.53. The van der Waals surface area contributed by atoms with Crippen molar-refractivity contribution in [1.82, 2.24) is 9.97 Å². The van der Waals surface area contributed by atoms with Crippen LogP contribution in [0.1, 0.15) is 51.9 Å². The maximum atomic E-state index is 10.7. The van der Waals surface area contributed by atoms with Gasteiger partial charge in [0.1, 0.15) is 22.4 Å². The van der Waals surface area contributed by atoms with Gasteiger partial charge in [-0.05, 0) is 35.2 Å². The van der Waals surface area contributed by atoms with Gasteiger partial charge in [-0.25, -0.2) is 9.97 Å². The minimum absolute atomic E-state index is 0.538. The lowest BCUT2D eigenvalue weighted by Crippen LogP contribution is -2.36. The lowest BCUT2D eigenvalue weighted by Gasteiger charge is -2.27. The third-order valence-electron chi connectivity index (χ3n) is 3.95. The van der Waals surface area contributed by atoms with Gasteiger partial charge in [0, 0.05) is 13.1 Å². The first-order valence-electron chi connectivity index (χ1n) is 7.85. The van der Waals surface area contributed by atoms with Crippen LogP contribution in [-0.4, -0.2) is 33.8 Å². The molecule has 1 aliphatic rings. The molecule has 0 amide bonds. The number of nitrogens with one attached hydrogen (secondary N) is 2. The number of rotatable bonds is 6. The highest BCUT2D eigenvalue weighted by Crippen LogP contribution is 2.30. The average molecular weight is 357 g/mol. The van der Waals surface area contributed by atoms with E-state index in [2.05, 4.69) is 43.5 Å². The highest BCUT2D eigenvalue weighted by molar-refractivity contribution is 9.10.